The number of nitrogens with two attached hydrogens (primary N) is 1. The number of para-hydroxylation sites is 1. The molecule has 0 aliphatic carbocycles. The Labute approximate surface area is 123 Å². The van der Waals surface area contributed by atoms with Crippen molar-refractivity contribution in [2.24, 2.45) is 0 Å². The topological polar surface area (TPSA) is 73.6 Å². The molecule has 0 saturated heterocycles. The molecule has 0 aliphatic rings. The van der Waals surface area contributed by atoms with Gasteiger partial charge in [-0.1, -0.05) is 18.2 Å². The van der Waals surface area contributed by atoms with Crippen LogP contribution in [-0.4, -0.2) is 19.6 Å². The lowest BCUT2D eigenvalue weighted by molar-refractivity contribution is -0.118. The molecule has 0 spiro atoms. The van der Waals surface area contributed by atoms with Crippen LogP contribution in [0.3, 0.4) is 0 Å². The van der Waals surface area contributed by atoms with Crippen LogP contribution in [0.4, 0.5) is 11.4 Å². The zero-order valence-electron chi connectivity index (χ0n) is 11.8. The molecule has 0 saturated carbocycles. The van der Waals surface area contributed by atoms with Gasteiger partial charge in [0.25, 0.3) is 5.91 Å². The average Bonchev–Trinajstić information content (AvgIpc) is 2.49. The van der Waals surface area contributed by atoms with Gasteiger partial charge in [-0.15, -0.1) is 0 Å². The molecule has 2 rings (SSSR count). The van der Waals surface area contributed by atoms with Crippen molar-refractivity contribution in [3.63, 3.8) is 0 Å². The molecule has 0 atom stereocenters. The fourth-order valence-electron chi connectivity index (χ4n) is 1.82. The zero-order valence-corrected chi connectivity index (χ0v) is 11.8. The number of carbonyl (C=O) groups excluding carboxylic acids is 1. The number of rotatable bonds is 6. The number of nitrogens with one attached hydrogen (secondary N) is 1. The Kier molecular flexibility index (Phi) is 5.17. The van der Waals surface area contributed by atoms with Gasteiger partial charge in [0.2, 0.25) is 0 Å². The maximum absolute atomic E-state index is 11.9. The first kappa shape index (κ1) is 14.9. The Bertz CT molecular complexity index is 597. The minimum Gasteiger partial charge on any atom is -0.484 e. The van der Waals surface area contributed by atoms with E-state index in [9.17, 15) is 4.79 Å². The van der Waals surface area contributed by atoms with Crippen molar-refractivity contribution < 1.29 is 14.3 Å². The van der Waals surface area contributed by atoms with E-state index in [-0.39, 0.29) is 12.5 Å². The summed E-state index contributed by atoms with van der Waals surface area (Å²) in [5, 5.41) is 2.81. The summed E-state index contributed by atoms with van der Waals surface area (Å²) in [6.45, 7) is 0.376. The maximum Gasteiger partial charge on any atom is 0.262 e. The van der Waals surface area contributed by atoms with E-state index in [1.807, 2.05) is 24.3 Å². The summed E-state index contributed by atoms with van der Waals surface area (Å²) in [6, 6.07) is 14.4. The Morgan fingerprint density at radius 3 is 2.57 bits per heavy atom. The second-order valence-corrected chi connectivity index (χ2v) is 4.50. The van der Waals surface area contributed by atoms with E-state index in [1.165, 1.54) is 0 Å². The first-order chi connectivity index (χ1) is 10.2. The second kappa shape index (κ2) is 7.31. The van der Waals surface area contributed by atoms with Crippen molar-refractivity contribution in [1.82, 2.24) is 0 Å². The highest BCUT2D eigenvalue weighted by Crippen LogP contribution is 2.16. The minimum atomic E-state index is -0.227. The van der Waals surface area contributed by atoms with Gasteiger partial charge in [0.05, 0.1) is 6.61 Å². The average molecular weight is 286 g/mol. The lowest BCUT2D eigenvalue weighted by Gasteiger charge is -2.11. The van der Waals surface area contributed by atoms with E-state index < -0.39 is 0 Å². The first-order valence-electron chi connectivity index (χ1n) is 6.54. The maximum atomic E-state index is 11.9. The number of hydrogen-bond donors (Lipinski definition) is 2. The number of benzene rings is 2. The molecular formula is C16H18N2O3. The molecule has 110 valence electrons. The molecule has 0 unspecified atom stereocenters. The quantitative estimate of drug-likeness (QED) is 0.800. The third-order valence-corrected chi connectivity index (χ3v) is 2.84. The lowest BCUT2D eigenvalue weighted by Crippen LogP contribution is -2.21. The van der Waals surface area contributed by atoms with Gasteiger partial charge in [-0.2, -0.15) is 0 Å². The predicted octanol–water partition coefficient (Wildman–Crippen LogP) is 2.43. The van der Waals surface area contributed by atoms with Crippen LogP contribution in [0, 0.1) is 0 Å². The normalized spacial score (nSPS) is 10.1. The molecule has 21 heavy (non-hydrogen) atoms. The molecule has 0 heterocycles. The molecule has 5 heteroatoms. The number of nitrogen functional groups attached to an aromatic ring is 1. The fraction of sp³-hybridized carbons (Fsp3) is 0.188. The highest BCUT2D eigenvalue weighted by molar-refractivity contribution is 5.92. The van der Waals surface area contributed by atoms with E-state index in [0.717, 1.165) is 11.3 Å². The van der Waals surface area contributed by atoms with Crippen LogP contribution in [0.15, 0.2) is 48.5 Å². The Morgan fingerprint density at radius 2 is 1.86 bits per heavy atom. The summed E-state index contributed by atoms with van der Waals surface area (Å²) in [6.07, 6.45) is 0. The molecule has 0 fully saturated rings. The molecule has 1 amide bonds. The van der Waals surface area contributed by atoms with Gasteiger partial charge in [-0.05, 0) is 30.3 Å². The summed E-state index contributed by atoms with van der Waals surface area (Å²) in [7, 11) is 1.61. The summed E-state index contributed by atoms with van der Waals surface area (Å²) in [5.74, 6) is 0.375. The molecule has 0 aliphatic heterocycles. The Morgan fingerprint density at radius 1 is 1.14 bits per heavy atom. The molecular weight excluding hydrogens is 268 g/mol. The van der Waals surface area contributed by atoms with Gasteiger partial charge < -0.3 is 20.5 Å². The smallest absolute Gasteiger partial charge is 0.262 e. The highest BCUT2D eigenvalue weighted by atomic mass is 16.5. The van der Waals surface area contributed by atoms with Crippen LogP contribution < -0.4 is 15.8 Å². The second-order valence-electron chi connectivity index (χ2n) is 4.50. The molecule has 0 aromatic heterocycles. The number of anilines is 2. The van der Waals surface area contributed by atoms with Gasteiger partial charge in [0.1, 0.15) is 5.75 Å². The van der Waals surface area contributed by atoms with Crippen LogP contribution in [0.2, 0.25) is 0 Å². The number of ether oxygens (including phenoxy) is 2. The van der Waals surface area contributed by atoms with Gasteiger partial charge in [0.15, 0.2) is 6.61 Å². The fourth-order valence-corrected chi connectivity index (χ4v) is 1.82. The van der Waals surface area contributed by atoms with Gasteiger partial charge in [0, 0.05) is 24.0 Å². The van der Waals surface area contributed by atoms with Crippen molar-refractivity contribution >= 4 is 17.3 Å². The van der Waals surface area contributed by atoms with Crippen LogP contribution in [0.1, 0.15) is 5.56 Å². The summed E-state index contributed by atoms with van der Waals surface area (Å²) in [4.78, 5) is 11.9. The van der Waals surface area contributed by atoms with E-state index in [0.29, 0.717) is 18.0 Å². The van der Waals surface area contributed by atoms with Gasteiger partial charge in [-0.25, -0.2) is 0 Å². The summed E-state index contributed by atoms with van der Waals surface area (Å²) in [5.41, 5.74) is 7.88. The number of hydrogen-bond acceptors (Lipinski definition) is 4. The standard InChI is InChI=1S/C16H18N2O3/c1-20-10-12-4-2-3-5-15(12)18-16(19)11-21-14-8-6-13(17)7-9-14/h2-9H,10-11,17H2,1H3,(H,18,19). The van der Waals surface area contributed by atoms with Crippen LogP contribution >= 0.6 is 0 Å². The first-order valence-corrected chi connectivity index (χ1v) is 6.54. The van der Waals surface area contributed by atoms with Crippen molar-refractivity contribution in [3.8, 4) is 5.75 Å². The van der Waals surface area contributed by atoms with Crippen LogP contribution in [-0.2, 0) is 16.1 Å². The van der Waals surface area contributed by atoms with E-state index in [2.05, 4.69) is 5.32 Å². The zero-order chi connectivity index (χ0) is 15.1. The number of methoxy groups -OCH3 is 1. The largest absolute Gasteiger partial charge is 0.484 e. The van der Waals surface area contributed by atoms with Gasteiger partial charge >= 0.3 is 0 Å². The number of carbonyl (C=O) groups is 1. The SMILES string of the molecule is COCc1ccccc1NC(=O)COc1ccc(N)cc1. The Hall–Kier alpha value is -2.53. The van der Waals surface area contributed by atoms with Crippen molar-refractivity contribution in [3.05, 3.63) is 54.1 Å². The molecule has 0 radical (unpaired) electrons. The van der Waals surface area contributed by atoms with E-state index >= 15 is 0 Å². The lowest BCUT2D eigenvalue weighted by atomic mass is 10.2. The van der Waals surface area contributed by atoms with Crippen molar-refractivity contribution in [2.45, 2.75) is 6.61 Å². The highest BCUT2D eigenvalue weighted by Gasteiger charge is 2.07. The van der Waals surface area contributed by atoms with Crippen molar-refractivity contribution in [1.29, 1.82) is 0 Å². The predicted molar refractivity (Wildman–Crippen MR) is 82.1 cm³/mol. The third kappa shape index (κ3) is 4.50. The molecule has 2 aromatic carbocycles. The third-order valence-electron chi connectivity index (χ3n) is 2.84. The van der Waals surface area contributed by atoms with E-state index in [1.54, 1.807) is 31.4 Å². The summed E-state index contributed by atoms with van der Waals surface area (Å²) >= 11 is 0. The summed E-state index contributed by atoms with van der Waals surface area (Å²) < 4.78 is 10.5. The molecule has 0 bridgehead atoms. The minimum absolute atomic E-state index is 0.0643. The Balaban J connectivity index is 1.91. The van der Waals surface area contributed by atoms with Crippen molar-refractivity contribution in [2.75, 3.05) is 24.8 Å². The van der Waals surface area contributed by atoms with Gasteiger partial charge in [-0.3, -0.25) is 4.79 Å². The number of amides is 1. The van der Waals surface area contributed by atoms with E-state index in [4.69, 9.17) is 15.2 Å². The molecule has 5 nitrogen and oxygen atoms in total. The molecule has 2 aromatic rings. The van der Waals surface area contributed by atoms with Crippen LogP contribution in [0.5, 0.6) is 5.75 Å². The molecule has 3 N–H and O–H groups in total. The van der Waals surface area contributed by atoms with Crippen LogP contribution in [0.25, 0.3) is 0 Å². The monoisotopic (exact) mass is 286 g/mol.